The maximum absolute atomic E-state index is 11.3. The Morgan fingerprint density at radius 3 is 2.77 bits per heavy atom. The van der Waals surface area contributed by atoms with Gasteiger partial charge in [-0.25, -0.2) is 0 Å². The Morgan fingerprint density at radius 1 is 1.69 bits per heavy atom. The van der Waals surface area contributed by atoms with Gasteiger partial charge in [-0.1, -0.05) is 0 Å². The summed E-state index contributed by atoms with van der Waals surface area (Å²) >= 11 is 0. The molecule has 4 nitrogen and oxygen atoms in total. The minimum atomic E-state index is -0.919. The van der Waals surface area contributed by atoms with E-state index in [9.17, 15) is 9.59 Å². The fourth-order valence-electron chi connectivity index (χ4n) is 1.33. The normalized spacial score (nSPS) is 26.6. The highest BCUT2D eigenvalue weighted by atomic mass is 16.5. The van der Waals surface area contributed by atoms with E-state index < -0.39 is 17.5 Å². The first-order valence-electron chi connectivity index (χ1n) is 4.35. The quantitative estimate of drug-likeness (QED) is 0.658. The molecular formula is C9H14O4. The third-order valence-electron chi connectivity index (χ3n) is 2.32. The molecule has 0 amide bonds. The van der Waals surface area contributed by atoms with E-state index in [0.29, 0.717) is 12.8 Å². The standard InChI is InChI=1S/C9H14O4/c1-9(2)4-3-6(5-7(10)11)13-8(9)12/h6H,3-5H2,1-2H3,(H,10,11). The van der Waals surface area contributed by atoms with E-state index in [1.54, 1.807) is 0 Å². The first-order chi connectivity index (χ1) is 5.92. The molecular weight excluding hydrogens is 172 g/mol. The van der Waals surface area contributed by atoms with Gasteiger partial charge in [-0.3, -0.25) is 9.59 Å². The van der Waals surface area contributed by atoms with Crippen molar-refractivity contribution in [2.24, 2.45) is 5.41 Å². The molecule has 1 rings (SSSR count). The van der Waals surface area contributed by atoms with Crippen molar-refractivity contribution in [3.05, 3.63) is 0 Å². The molecule has 1 unspecified atom stereocenters. The van der Waals surface area contributed by atoms with Crippen LogP contribution in [0, 0.1) is 5.41 Å². The zero-order valence-electron chi connectivity index (χ0n) is 7.87. The van der Waals surface area contributed by atoms with Crippen molar-refractivity contribution in [3.63, 3.8) is 0 Å². The second-order valence-electron chi connectivity index (χ2n) is 4.05. The molecule has 0 aromatic heterocycles. The average molecular weight is 186 g/mol. The van der Waals surface area contributed by atoms with Gasteiger partial charge in [0.15, 0.2) is 0 Å². The third kappa shape index (κ3) is 2.44. The number of carboxylic acids is 1. The average Bonchev–Trinajstić information content (AvgIpc) is 1.97. The Balaban J connectivity index is 2.51. The minimum absolute atomic E-state index is 0.0815. The van der Waals surface area contributed by atoms with Crippen LogP contribution in [0.3, 0.4) is 0 Å². The zero-order chi connectivity index (χ0) is 10.1. The Morgan fingerprint density at radius 2 is 2.31 bits per heavy atom. The molecule has 1 atom stereocenters. The van der Waals surface area contributed by atoms with Crippen LogP contribution < -0.4 is 0 Å². The van der Waals surface area contributed by atoms with Crippen LogP contribution in [0.2, 0.25) is 0 Å². The third-order valence-corrected chi connectivity index (χ3v) is 2.32. The molecule has 0 bridgehead atoms. The molecule has 0 aromatic rings. The molecule has 0 spiro atoms. The maximum atomic E-state index is 11.3. The number of rotatable bonds is 2. The van der Waals surface area contributed by atoms with Crippen LogP contribution in [-0.2, 0) is 14.3 Å². The van der Waals surface area contributed by atoms with Gasteiger partial charge in [0, 0.05) is 0 Å². The van der Waals surface area contributed by atoms with Gasteiger partial charge in [0.25, 0.3) is 0 Å². The Hall–Kier alpha value is -1.06. The highest BCUT2D eigenvalue weighted by Gasteiger charge is 2.37. The summed E-state index contributed by atoms with van der Waals surface area (Å²) < 4.78 is 4.99. The largest absolute Gasteiger partial charge is 0.481 e. The summed E-state index contributed by atoms with van der Waals surface area (Å²) in [5.41, 5.74) is -0.449. The smallest absolute Gasteiger partial charge is 0.311 e. The molecule has 74 valence electrons. The fourth-order valence-corrected chi connectivity index (χ4v) is 1.33. The summed E-state index contributed by atoms with van der Waals surface area (Å²) in [4.78, 5) is 21.6. The number of cyclic esters (lactones) is 1. The lowest BCUT2D eigenvalue weighted by molar-refractivity contribution is -0.169. The molecule has 0 aliphatic carbocycles. The molecule has 1 fully saturated rings. The van der Waals surface area contributed by atoms with Crippen molar-refractivity contribution < 1.29 is 19.4 Å². The summed E-state index contributed by atoms with van der Waals surface area (Å²) in [6.45, 7) is 3.62. The Kier molecular flexibility index (Phi) is 2.59. The monoisotopic (exact) mass is 186 g/mol. The molecule has 4 heteroatoms. The molecule has 1 N–H and O–H groups in total. The second kappa shape index (κ2) is 3.36. The SMILES string of the molecule is CC1(C)CCC(CC(=O)O)OC1=O. The molecule has 13 heavy (non-hydrogen) atoms. The van der Waals surface area contributed by atoms with Crippen molar-refractivity contribution in [2.75, 3.05) is 0 Å². The summed E-state index contributed by atoms with van der Waals surface area (Å²) in [7, 11) is 0. The van der Waals surface area contributed by atoms with Crippen molar-refractivity contribution in [3.8, 4) is 0 Å². The molecule has 0 radical (unpaired) electrons. The topological polar surface area (TPSA) is 63.6 Å². The Labute approximate surface area is 76.9 Å². The van der Waals surface area contributed by atoms with Crippen LogP contribution in [0.4, 0.5) is 0 Å². The van der Waals surface area contributed by atoms with Gasteiger partial charge in [0.2, 0.25) is 0 Å². The van der Waals surface area contributed by atoms with Gasteiger partial charge in [-0.05, 0) is 26.7 Å². The van der Waals surface area contributed by atoms with Gasteiger partial charge < -0.3 is 9.84 Å². The van der Waals surface area contributed by atoms with Crippen molar-refractivity contribution in [2.45, 2.75) is 39.2 Å². The predicted octanol–water partition coefficient (Wildman–Crippen LogP) is 1.19. The minimum Gasteiger partial charge on any atom is -0.481 e. The van der Waals surface area contributed by atoms with Crippen molar-refractivity contribution in [1.82, 2.24) is 0 Å². The first kappa shape index (κ1) is 10.0. The molecule has 0 saturated carbocycles. The molecule has 1 aliphatic heterocycles. The lowest BCUT2D eigenvalue weighted by Gasteiger charge is -2.32. The van der Waals surface area contributed by atoms with E-state index >= 15 is 0 Å². The van der Waals surface area contributed by atoms with Crippen LogP contribution in [0.25, 0.3) is 0 Å². The molecule has 1 saturated heterocycles. The number of hydrogen-bond acceptors (Lipinski definition) is 3. The summed E-state index contributed by atoms with van der Waals surface area (Å²) in [5, 5.41) is 8.49. The zero-order valence-corrected chi connectivity index (χ0v) is 7.87. The molecule has 1 aliphatic rings. The van der Waals surface area contributed by atoms with Crippen LogP contribution in [-0.4, -0.2) is 23.1 Å². The van der Waals surface area contributed by atoms with Crippen LogP contribution in [0.5, 0.6) is 0 Å². The lowest BCUT2D eigenvalue weighted by Crippen LogP contribution is -2.37. The molecule has 1 heterocycles. The number of carboxylic acid groups (broad SMARTS) is 1. The molecule has 0 aromatic carbocycles. The fraction of sp³-hybridized carbons (Fsp3) is 0.778. The van der Waals surface area contributed by atoms with Gasteiger partial charge >= 0.3 is 11.9 Å². The van der Waals surface area contributed by atoms with Crippen molar-refractivity contribution >= 4 is 11.9 Å². The summed E-state index contributed by atoms with van der Waals surface area (Å²) in [5.74, 6) is -1.21. The van der Waals surface area contributed by atoms with Crippen molar-refractivity contribution in [1.29, 1.82) is 0 Å². The number of carbonyl (C=O) groups is 2. The van der Waals surface area contributed by atoms with Gasteiger partial charge in [-0.2, -0.15) is 0 Å². The Bertz CT molecular complexity index is 232. The number of hydrogen-bond donors (Lipinski definition) is 1. The predicted molar refractivity (Wildman–Crippen MR) is 45.1 cm³/mol. The number of carbonyl (C=O) groups excluding carboxylic acids is 1. The van der Waals surface area contributed by atoms with E-state index in [4.69, 9.17) is 9.84 Å². The van der Waals surface area contributed by atoms with Gasteiger partial charge in [0.05, 0.1) is 11.8 Å². The summed E-state index contributed by atoms with van der Waals surface area (Å²) in [6.07, 6.45) is 0.828. The second-order valence-corrected chi connectivity index (χ2v) is 4.05. The number of aliphatic carboxylic acids is 1. The maximum Gasteiger partial charge on any atom is 0.311 e. The number of esters is 1. The van der Waals surface area contributed by atoms with Crippen LogP contribution in [0.15, 0.2) is 0 Å². The van der Waals surface area contributed by atoms with E-state index in [0.717, 1.165) is 0 Å². The van der Waals surface area contributed by atoms with E-state index in [2.05, 4.69) is 0 Å². The van der Waals surface area contributed by atoms with E-state index in [1.165, 1.54) is 0 Å². The van der Waals surface area contributed by atoms with Crippen LogP contribution in [0.1, 0.15) is 33.1 Å². The highest BCUT2D eigenvalue weighted by Crippen LogP contribution is 2.32. The summed E-state index contributed by atoms with van der Waals surface area (Å²) in [6, 6.07) is 0. The van der Waals surface area contributed by atoms with E-state index in [1.807, 2.05) is 13.8 Å². The van der Waals surface area contributed by atoms with E-state index in [-0.39, 0.29) is 12.4 Å². The number of ether oxygens (including phenoxy) is 1. The lowest BCUT2D eigenvalue weighted by atomic mass is 9.84. The van der Waals surface area contributed by atoms with Gasteiger partial charge in [0.1, 0.15) is 6.10 Å². The first-order valence-corrected chi connectivity index (χ1v) is 4.35. The van der Waals surface area contributed by atoms with Gasteiger partial charge in [-0.15, -0.1) is 0 Å². The highest BCUT2D eigenvalue weighted by molar-refractivity contribution is 5.77. The van der Waals surface area contributed by atoms with Crippen LogP contribution >= 0.6 is 0 Å².